The summed E-state index contributed by atoms with van der Waals surface area (Å²) in [5, 5.41) is 3.30. The van der Waals surface area contributed by atoms with Gasteiger partial charge in [0, 0.05) is 17.2 Å². The van der Waals surface area contributed by atoms with Gasteiger partial charge in [-0.15, -0.1) is 0 Å². The molecule has 1 N–H and O–H groups in total. The van der Waals surface area contributed by atoms with Gasteiger partial charge in [-0.05, 0) is 84.2 Å². The number of rotatable bonds is 6. The molecule has 6 heteroatoms. The van der Waals surface area contributed by atoms with Gasteiger partial charge in [-0.25, -0.2) is 0 Å². The number of benzene rings is 1. The Kier molecular flexibility index (Phi) is 6.67. The maximum absolute atomic E-state index is 5.86. The molecule has 1 aromatic carbocycles. The number of halogens is 3. The van der Waals surface area contributed by atoms with E-state index in [0.717, 1.165) is 38.0 Å². The SMILES string of the molecule is CCNCc1cc(Br)c(OCc2ccc(Br)cn2)c(Br)c1. The Bertz CT molecular complexity index is 579. The lowest BCUT2D eigenvalue weighted by molar-refractivity contribution is 0.297. The van der Waals surface area contributed by atoms with Crippen molar-refractivity contribution in [3.63, 3.8) is 0 Å². The highest BCUT2D eigenvalue weighted by molar-refractivity contribution is 9.11. The second kappa shape index (κ2) is 8.27. The number of hydrogen-bond donors (Lipinski definition) is 1. The first-order chi connectivity index (χ1) is 10.1. The summed E-state index contributed by atoms with van der Waals surface area (Å²) in [6, 6.07) is 8.02. The molecule has 0 amide bonds. The molecule has 0 unspecified atom stereocenters. The van der Waals surface area contributed by atoms with E-state index in [9.17, 15) is 0 Å². The lowest BCUT2D eigenvalue weighted by atomic mass is 10.2. The Labute approximate surface area is 149 Å². The van der Waals surface area contributed by atoms with Crippen LogP contribution in [0.4, 0.5) is 0 Å². The van der Waals surface area contributed by atoms with Gasteiger partial charge in [0.1, 0.15) is 12.4 Å². The van der Waals surface area contributed by atoms with E-state index in [1.807, 2.05) is 12.1 Å². The number of hydrogen-bond acceptors (Lipinski definition) is 3. The van der Waals surface area contributed by atoms with Crippen molar-refractivity contribution >= 4 is 47.8 Å². The van der Waals surface area contributed by atoms with Crippen molar-refractivity contribution < 1.29 is 4.74 Å². The van der Waals surface area contributed by atoms with Gasteiger partial charge < -0.3 is 10.1 Å². The lowest BCUT2D eigenvalue weighted by Crippen LogP contribution is -2.11. The van der Waals surface area contributed by atoms with Crippen LogP contribution in [0.1, 0.15) is 18.2 Å². The van der Waals surface area contributed by atoms with Crippen LogP contribution in [0.5, 0.6) is 5.75 Å². The largest absolute Gasteiger partial charge is 0.485 e. The molecule has 0 spiro atoms. The molecule has 21 heavy (non-hydrogen) atoms. The van der Waals surface area contributed by atoms with Crippen LogP contribution < -0.4 is 10.1 Å². The van der Waals surface area contributed by atoms with Gasteiger partial charge in [-0.1, -0.05) is 6.92 Å². The van der Waals surface area contributed by atoms with Crippen molar-refractivity contribution in [3.8, 4) is 5.75 Å². The number of aromatic nitrogens is 1. The zero-order valence-electron chi connectivity index (χ0n) is 11.5. The fraction of sp³-hybridized carbons (Fsp3) is 0.267. The maximum Gasteiger partial charge on any atom is 0.148 e. The van der Waals surface area contributed by atoms with Crippen LogP contribution >= 0.6 is 47.8 Å². The monoisotopic (exact) mass is 476 g/mol. The van der Waals surface area contributed by atoms with Gasteiger partial charge in [0.25, 0.3) is 0 Å². The number of pyridine rings is 1. The van der Waals surface area contributed by atoms with E-state index >= 15 is 0 Å². The average molecular weight is 479 g/mol. The van der Waals surface area contributed by atoms with E-state index in [1.165, 1.54) is 5.56 Å². The van der Waals surface area contributed by atoms with Crippen molar-refractivity contribution in [2.75, 3.05) is 6.54 Å². The predicted octanol–water partition coefficient (Wildman–Crippen LogP) is 5.06. The van der Waals surface area contributed by atoms with E-state index in [2.05, 4.69) is 77.1 Å². The van der Waals surface area contributed by atoms with Crippen LogP contribution in [-0.2, 0) is 13.2 Å². The average Bonchev–Trinajstić information content (AvgIpc) is 2.46. The van der Waals surface area contributed by atoms with Crippen molar-refractivity contribution in [2.45, 2.75) is 20.1 Å². The molecule has 0 atom stereocenters. The Morgan fingerprint density at radius 2 is 1.86 bits per heavy atom. The number of nitrogens with one attached hydrogen (secondary N) is 1. The summed E-state index contributed by atoms with van der Waals surface area (Å²) in [5.41, 5.74) is 2.08. The Morgan fingerprint density at radius 1 is 1.14 bits per heavy atom. The number of nitrogens with zero attached hydrogens (tertiary/aromatic N) is 1. The molecule has 0 aliphatic heterocycles. The topological polar surface area (TPSA) is 34.1 Å². The third-order valence-electron chi connectivity index (χ3n) is 2.79. The Balaban J connectivity index is 2.07. The molecule has 0 saturated carbocycles. The minimum absolute atomic E-state index is 0.428. The molecule has 0 fully saturated rings. The maximum atomic E-state index is 5.86. The second-order valence-electron chi connectivity index (χ2n) is 4.43. The van der Waals surface area contributed by atoms with Gasteiger partial charge in [-0.3, -0.25) is 4.98 Å². The van der Waals surface area contributed by atoms with E-state index in [-0.39, 0.29) is 0 Å². The van der Waals surface area contributed by atoms with Crippen LogP contribution in [-0.4, -0.2) is 11.5 Å². The van der Waals surface area contributed by atoms with Crippen molar-refractivity contribution in [1.29, 1.82) is 0 Å². The smallest absolute Gasteiger partial charge is 0.148 e. The highest BCUT2D eigenvalue weighted by Gasteiger charge is 2.09. The van der Waals surface area contributed by atoms with Gasteiger partial charge in [-0.2, -0.15) is 0 Å². The van der Waals surface area contributed by atoms with Crippen LogP contribution in [0, 0.1) is 0 Å². The summed E-state index contributed by atoms with van der Waals surface area (Å²) in [5.74, 6) is 0.792. The minimum atomic E-state index is 0.428. The zero-order chi connectivity index (χ0) is 15.2. The third-order valence-corrected chi connectivity index (χ3v) is 4.44. The summed E-state index contributed by atoms with van der Waals surface area (Å²) in [7, 11) is 0. The molecule has 0 radical (unpaired) electrons. The summed E-state index contributed by atoms with van der Waals surface area (Å²) < 4.78 is 8.69. The van der Waals surface area contributed by atoms with Crippen molar-refractivity contribution in [1.82, 2.24) is 10.3 Å². The quantitative estimate of drug-likeness (QED) is 0.630. The fourth-order valence-corrected chi connectivity index (χ4v) is 3.50. The third kappa shape index (κ3) is 5.06. The first kappa shape index (κ1) is 16.9. The van der Waals surface area contributed by atoms with Gasteiger partial charge in [0.05, 0.1) is 14.6 Å². The molecule has 3 nitrogen and oxygen atoms in total. The standard InChI is InChI=1S/C15H15Br3N2O/c1-2-19-7-10-5-13(17)15(14(18)6-10)21-9-12-4-3-11(16)8-20-12/h3-6,8,19H,2,7,9H2,1H3. The van der Waals surface area contributed by atoms with Gasteiger partial charge in [0.15, 0.2) is 0 Å². The summed E-state index contributed by atoms with van der Waals surface area (Å²) in [6.07, 6.45) is 1.77. The normalized spacial score (nSPS) is 10.7. The lowest BCUT2D eigenvalue weighted by Gasteiger charge is -2.12. The molecular formula is C15H15Br3N2O. The van der Waals surface area contributed by atoms with E-state index in [1.54, 1.807) is 6.20 Å². The van der Waals surface area contributed by atoms with Crippen molar-refractivity contribution in [2.24, 2.45) is 0 Å². The highest BCUT2D eigenvalue weighted by atomic mass is 79.9. The highest BCUT2D eigenvalue weighted by Crippen LogP contribution is 2.35. The molecule has 112 valence electrons. The van der Waals surface area contributed by atoms with E-state index in [0.29, 0.717) is 6.61 Å². The zero-order valence-corrected chi connectivity index (χ0v) is 16.3. The van der Waals surface area contributed by atoms with Crippen molar-refractivity contribution in [3.05, 3.63) is 55.1 Å². The summed E-state index contributed by atoms with van der Waals surface area (Å²) in [4.78, 5) is 4.30. The summed E-state index contributed by atoms with van der Waals surface area (Å²) in [6.45, 7) is 4.30. The second-order valence-corrected chi connectivity index (χ2v) is 7.05. The minimum Gasteiger partial charge on any atom is -0.485 e. The first-order valence-electron chi connectivity index (χ1n) is 6.52. The molecule has 0 saturated heterocycles. The molecular weight excluding hydrogens is 464 g/mol. The van der Waals surface area contributed by atoms with Crippen LogP contribution in [0.2, 0.25) is 0 Å². The fourth-order valence-electron chi connectivity index (χ4n) is 1.76. The van der Waals surface area contributed by atoms with E-state index < -0.39 is 0 Å². The molecule has 2 rings (SSSR count). The first-order valence-corrected chi connectivity index (χ1v) is 8.90. The molecule has 2 aromatic rings. The number of ether oxygens (including phenoxy) is 1. The summed E-state index contributed by atoms with van der Waals surface area (Å²) >= 11 is 10.5. The molecule has 0 aliphatic carbocycles. The van der Waals surface area contributed by atoms with Gasteiger partial charge >= 0.3 is 0 Å². The van der Waals surface area contributed by atoms with E-state index in [4.69, 9.17) is 4.74 Å². The van der Waals surface area contributed by atoms with Crippen LogP contribution in [0.15, 0.2) is 43.9 Å². The van der Waals surface area contributed by atoms with Crippen LogP contribution in [0.3, 0.4) is 0 Å². The Hall–Kier alpha value is -0.430. The Morgan fingerprint density at radius 3 is 2.43 bits per heavy atom. The molecule has 1 aromatic heterocycles. The van der Waals surface area contributed by atoms with Crippen LogP contribution in [0.25, 0.3) is 0 Å². The predicted molar refractivity (Wildman–Crippen MR) is 95.5 cm³/mol. The molecule has 0 bridgehead atoms. The molecule has 1 heterocycles. The van der Waals surface area contributed by atoms with Gasteiger partial charge in [0.2, 0.25) is 0 Å². The molecule has 0 aliphatic rings.